The Kier molecular flexibility index (Phi) is 5.84. The molecule has 1 aromatic rings. The third-order valence-corrected chi connectivity index (χ3v) is 5.46. The van der Waals surface area contributed by atoms with Gasteiger partial charge in [0.1, 0.15) is 0 Å². The van der Waals surface area contributed by atoms with Crippen LogP contribution < -0.4 is 10.6 Å². The van der Waals surface area contributed by atoms with E-state index in [1.54, 1.807) is 11.3 Å². The Hall–Kier alpha value is -1.10. The molecule has 0 spiro atoms. The maximum atomic E-state index is 4.75. The SMILES string of the molecule is CCNC(=NCc1sc(C)nc1C)NC1CCC(C)(C)CC1. The zero-order valence-corrected chi connectivity index (χ0v) is 15.4. The van der Waals surface area contributed by atoms with E-state index in [0.717, 1.165) is 23.2 Å². The summed E-state index contributed by atoms with van der Waals surface area (Å²) in [7, 11) is 0. The topological polar surface area (TPSA) is 49.3 Å². The summed E-state index contributed by atoms with van der Waals surface area (Å²) < 4.78 is 0. The Balaban J connectivity index is 1.94. The number of aromatic nitrogens is 1. The molecule has 0 amide bonds. The Morgan fingerprint density at radius 3 is 2.55 bits per heavy atom. The molecule has 1 aliphatic carbocycles. The molecule has 22 heavy (non-hydrogen) atoms. The second-order valence-electron chi connectivity index (χ2n) is 7.02. The summed E-state index contributed by atoms with van der Waals surface area (Å²) in [4.78, 5) is 10.5. The van der Waals surface area contributed by atoms with Crippen molar-refractivity contribution in [2.24, 2.45) is 10.4 Å². The van der Waals surface area contributed by atoms with Gasteiger partial charge in [0.15, 0.2) is 5.96 Å². The van der Waals surface area contributed by atoms with Crippen LogP contribution in [0, 0.1) is 19.3 Å². The summed E-state index contributed by atoms with van der Waals surface area (Å²) in [6.07, 6.45) is 5.04. The number of hydrogen-bond donors (Lipinski definition) is 2. The number of aryl methyl sites for hydroxylation is 2. The number of thiazole rings is 1. The van der Waals surface area contributed by atoms with Gasteiger partial charge in [0, 0.05) is 17.5 Å². The van der Waals surface area contributed by atoms with E-state index in [-0.39, 0.29) is 0 Å². The van der Waals surface area contributed by atoms with E-state index in [4.69, 9.17) is 4.99 Å². The van der Waals surface area contributed by atoms with Gasteiger partial charge in [-0.1, -0.05) is 13.8 Å². The van der Waals surface area contributed by atoms with Gasteiger partial charge in [-0.15, -0.1) is 11.3 Å². The predicted octanol–water partition coefficient (Wildman–Crippen LogP) is 3.78. The summed E-state index contributed by atoms with van der Waals surface area (Å²) in [5.74, 6) is 0.942. The van der Waals surface area contributed by atoms with Gasteiger partial charge < -0.3 is 10.6 Å². The van der Waals surface area contributed by atoms with Gasteiger partial charge in [-0.3, -0.25) is 0 Å². The lowest BCUT2D eigenvalue weighted by molar-refractivity contribution is 0.216. The lowest BCUT2D eigenvalue weighted by Gasteiger charge is -2.35. The highest BCUT2D eigenvalue weighted by atomic mass is 32.1. The highest BCUT2D eigenvalue weighted by Gasteiger charge is 2.27. The average Bonchev–Trinajstić information content (AvgIpc) is 2.77. The number of nitrogens with one attached hydrogen (secondary N) is 2. The van der Waals surface area contributed by atoms with Crippen LogP contribution in [-0.4, -0.2) is 23.5 Å². The molecule has 0 aromatic carbocycles. The van der Waals surface area contributed by atoms with Crippen LogP contribution in [0.25, 0.3) is 0 Å². The number of hydrogen-bond acceptors (Lipinski definition) is 3. The van der Waals surface area contributed by atoms with Gasteiger partial charge in [0.25, 0.3) is 0 Å². The maximum Gasteiger partial charge on any atom is 0.191 e. The van der Waals surface area contributed by atoms with Crippen molar-refractivity contribution in [2.75, 3.05) is 6.54 Å². The van der Waals surface area contributed by atoms with Gasteiger partial charge in [-0.25, -0.2) is 9.98 Å². The van der Waals surface area contributed by atoms with Crippen LogP contribution in [-0.2, 0) is 6.54 Å². The highest BCUT2D eigenvalue weighted by Crippen LogP contribution is 2.34. The van der Waals surface area contributed by atoms with Crippen LogP contribution in [0.5, 0.6) is 0 Å². The highest BCUT2D eigenvalue weighted by molar-refractivity contribution is 7.11. The van der Waals surface area contributed by atoms with Crippen molar-refractivity contribution in [1.82, 2.24) is 15.6 Å². The second kappa shape index (κ2) is 7.44. The van der Waals surface area contributed by atoms with Crippen molar-refractivity contribution in [3.05, 3.63) is 15.6 Å². The molecular weight excluding hydrogens is 292 g/mol. The van der Waals surface area contributed by atoms with Crippen molar-refractivity contribution >= 4 is 17.3 Å². The molecule has 2 N–H and O–H groups in total. The van der Waals surface area contributed by atoms with Gasteiger partial charge in [0.2, 0.25) is 0 Å². The van der Waals surface area contributed by atoms with E-state index in [0.29, 0.717) is 18.0 Å². The first kappa shape index (κ1) is 17.3. The number of aliphatic imine (C=N–C) groups is 1. The fourth-order valence-electron chi connectivity index (χ4n) is 2.93. The first-order valence-corrected chi connectivity index (χ1v) is 9.19. The summed E-state index contributed by atoms with van der Waals surface area (Å²) in [5, 5.41) is 8.11. The maximum absolute atomic E-state index is 4.75. The zero-order chi connectivity index (χ0) is 16.2. The van der Waals surface area contributed by atoms with Gasteiger partial charge in [0.05, 0.1) is 17.2 Å². The fourth-order valence-corrected chi connectivity index (χ4v) is 3.79. The largest absolute Gasteiger partial charge is 0.357 e. The summed E-state index contributed by atoms with van der Waals surface area (Å²) in [6.45, 7) is 12.6. The van der Waals surface area contributed by atoms with E-state index in [1.807, 2.05) is 0 Å². The molecule has 1 aliphatic rings. The van der Waals surface area contributed by atoms with Crippen LogP contribution in [0.4, 0.5) is 0 Å². The number of nitrogens with zero attached hydrogens (tertiary/aromatic N) is 2. The van der Waals surface area contributed by atoms with Crippen LogP contribution >= 0.6 is 11.3 Å². The average molecular weight is 323 g/mol. The van der Waals surface area contributed by atoms with Crippen molar-refractivity contribution in [3.63, 3.8) is 0 Å². The van der Waals surface area contributed by atoms with Crippen molar-refractivity contribution in [2.45, 2.75) is 72.9 Å². The third kappa shape index (κ3) is 4.97. The molecule has 0 radical (unpaired) electrons. The predicted molar refractivity (Wildman–Crippen MR) is 95.6 cm³/mol. The minimum absolute atomic E-state index is 0.505. The first-order valence-electron chi connectivity index (χ1n) is 8.37. The summed E-state index contributed by atoms with van der Waals surface area (Å²) >= 11 is 1.75. The molecular formula is C17H30N4S. The minimum Gasteiger partial charge on any atom is -0.357 e. The molecule has 0 saturated heterocycles. The lowest BCUT2D eigenvalue weighted by atomic mass is 9.75. The van der Waals surface area contributed by atoms with Gasteiger partial charge in [-0.2, -0.15) is 0 Å². The van der Waals surface area contributed by atoms with E-state index in [2.05, 4.69) is 50.2 Å². The summed E-state index contributed by atoms with van der Waals surface area (Å²) in [6, 6.07) is 0.551. The number of guanidine groups is 1. The lowest BCUT2D eigenvalue weighted by Crippen LogP contribution is -2.45. The molecule has 0 unspecified atom stereocenters. The first-order chi connectivity index (χ1) is 10.4. The Labute approximate surface area is 138 Å². The van der Waals surface area contributed by atoms with Gasteiger partial charge >= 0.3 is 0 Å². The molecule has 0 atom stereocenters. The Morgan fingerprint density at radius 1 is 1.32 bits per heavy atom. The number of rotatable bonds is 4. The van der Waals surface area contributed by atoms with Crippen molar-refractivity contribution in [1.29, 1.82) is 0 Å². The molecule has 4 nitrogen and oxygen atoms in total. The molecule has 5 heteroatoms. The monoisotopic (exact) mass is 322 g/mol. The zero-order valence-electron chi connectivity index (χ0n) is 14.6. The molecule has 2 rings (SSSR count). The Morgan fingerprint density at radius 2 is 2.00 bits per heavy atom. The molecule has 1 fully saturated rings. The van der Waals surface area contributed by atoms with E-state index in [9.17, 15) is 0 Å². The fraction of sp³-hybridized carbons (Fsp3) is 0.765. The van der Waals surface area contributed by atoms with Crippen LogP contribution in [0.3, 0.4) is 0 Å². The molecule has 0 bridgehead atoms. The molecule has 1 saturated carbocycles. The molecule has 0 aliphatic heterocycles. The molecule has 1 aromatic heterocycles. The van der Waals surface area contributed by atoms with E-state index < -0.39 is 0 Å². The Bertz CT molecular complexity index is 509. The molecule has 124 valence electrons. The molecule has 1 heterocycles. The van der Waals surface area contributed by atoms with Gasteiger partial charge in [-0.05, 0) is 51.9 Å². The van der Waals surface area contributed by atoms with Crippen LogP contribution in [0.15, 0.2) is 4.99 Å². The smallest absolute Gasteiger partial charge is 0.191 e. The standard InChI is InChI=1S/C17H30N4S/c1-6-18-16(19-11-15-12(2)20-13(3)22-15)21-14-7-9-17(4,5)10-8-14/h14H,6-11H2,1-5H3,(H2,18,19,21). The summed E-state index contributed by atoms with van der Waals surface area (Å²) in [5.41, 5.74) is 1.62. The van der Waals surface area contributed by atoms with E-state index in [1.165, 1.54) is 30.6 Å². The normalized spacial score (nSPS) is 19.2. The minimum atomic E-state index is 0.505. The second-order valence-corrected chi connectivity index (χ2v) is 8.31. The van der Waals surface area contributed by atoms with Crippen LogP contribution in [0.2, 0.25) is 0 Å². The van der Waals surface area contributed by atoms with E-state index >= 15 is 0 Å². The van der Waals surface area contributed by atoms with Crippen molar-refractivity contribution in [3.8, 4) is 0 Å². The quantitative estimate of drug-likeness (QED) is 0.655. The van der Waals surface area contributed by atoms with Crippen LogP contribution in [0.1, 0.15) is 62.0 Å². The third-order valence-electron chi connectivity index (χ3n) is 4.40. The van der Waals surface area contributed by atoms with Crippen molar-refractivity contribution < 1.29 is 0 Å².